The number of hydrogen-bond acceptors (Lipinski definition) is 4. The van der Waals surface area contributed by atoms with E-state index in [1.54, 1.807) is 19.0 Å². The lowest BCUT2D eigenvalue weighted by molar-refractivity contribution is -0.141. The highest BCUT2D eigenvalue weighted by Crippen LogP contribution is 2.62. The van der Waals surface area contributed by atoms with Crippen LogP contribution in [0.1, 0.15) is 39.5 Å². The lowest BCUT2D eigenvalue weighted by Crippen LogP contribution is -2.52. The minimum Gasteiger partial charge on any atom is -0.348 e. The van der Waals surface area contributed by atoms with E-state index in [2.05, 4.69) is 5.32 Å². The molecule has 0 radical (unpaired) electrons. The molecule has 3 amide bonds. The van der Waals surface area contributed by atoms with E-state index in [0.29, 0.717) is 19.6 Å². The van der Waals surface area contributed by atoms with Crippen LogP contribution >= 0.6 is 0 Å². The van der Waals surface area contributed by atoms with E-state index in [0.717, 1.165) is 25.7 Å². The predicted molar refractivity (Wildman–Crippen MR) is 107 cm³/mol. The van der Waals surface area contributed by atoms with Gasteiger partial charge in [0.15, 0.2) is 0 Å². The van der Waals surface area contributed by atoms with Gasteiger partial charge in [0.2, 0.25) is 15.9 Å². The highest BCUT2D eigenvalue weighted by Gasteiger charge is 2.65. The van der Waals surface area contributed by atoms with Crippen LogP contribution in [0.3, 0.4) is 0 Å². The van der Waals surface area contributed by atoms with Crippen molar-refractivity contribution in [2.24, 2.45) is 16.7 Å². The molecule has 2 aliphatic heterocycles. The van der Waals surface area contributed by atoms with Gasteiger partial charge in [0.1, 0.15) is 0 Å². The highest BCUT2D eigenvalue weighted by atomic mass is 32.2. The summed E-state index contributed by atoms with van der Waals surface area (Å²) in [5.74, 6) is 0.0560. The first-order chi connectivity index (χ1) is 12.9. The molecular formula is C19H34N4O4S. The molecule has 1 aliphatic carbocycles. The van der Waals surface area contributed by atoms with Gasteiger partial charge in [-0.15, -0.1) is 0 Å². The summed E-state index contributed by atoms with van der Waals surface area (Å²) in [6.07, 6.45) is 4.52. The molecule has 3 aliphatic rings. The van der Waals surface area contributed by atoms with Crippen molar-refractivity contribution in [2.75, 3.05) is 46.5 Å². The van der Waals surface area contributed by atoms with Crippen molar-refractivity contribution in [1.82, 2.24) is 19.4 Å². The lowest BCUT2D eigenvalue weighted by atomic mass is 9.65. The summed E-state index contributed by atoms with van der Waals surface area (Å²) in [4.78, 5) is 29.0. The number of piperidine rings is 1. The number of hydrogen-bond donors (Lipinski definition) is 1. The number of amides is 3. The Bertz CT molecular complexity index is 743. The third-order valence-electron chi connectivity index (χ3n) is 7.08. The van der Waals surface area contributed by atoms with Gasteiger partial charge < -0.3 is 15.1 Å². The number of urea groups is 1. The van der Waals surface area contributed by atoms with E-state index in [1.807, 2.05) is 18.7 Å². The quantitative estimate of drug-likeness (QED) is 0.744. The number of rotatable bonds is 3. The molecule has 1 saturated carbocycles. The van der Waals surface area contributed by atoms with Crippen LogP contribution in [0.15, 0.2) is 0 Å². The average molecular weight is 415 g/mol. The average Bonchev–Trinajstić information content (AvgIpc) is 3.12. The largest absolute Gasteiger partial charge is 0.348 e. The normalized spacial score (nSPS) is 29.9. The van der Waals surface area contributed by atoms with Crippen LogP contribution in [-0.2, 0) is 14.8 Å². The highest BCUT2D eigenvalue weighted by molar-refractivity contribution is 7.88. The maximum Gasteiger partial charge on any atom is 0.317 e. The van der Waals surface area contributed by atoms with Crippen LogP contribution in [0.25, 0.3) is 0 Å². The van der Waals surface area contributed by atoms with Crippen LogP contribution < -0.4 is 5.32 Å². The van der Waals surface area contributed by atoms with Crippen LogP contribution in [0.4, 0.5) is 4.79 Å². The number of nitrogens with one attached hydrogen (secondary N) is 1. The van der Waals surface area contributed by atoms with Gasteiger partial charge in [0, 0.05) is 46.3 Å². The first-order valence-electron chi connectivity index (χ1n) is 10.1. The molecule has 28 heavy (non-hydrogen) atoms. The molecule has 1 N–H and O–H groups in total. The molecule has 0 aromatic heterocycles. The van der Waals surface area contributed by atoms with E-state index in [9.17, 15) is 18.0 Å². The Morgan fingerprint density at radius 1 is 1.11 bits per heavy atom. The van der Waals surface area contributed by atoms with Crippen molar-refractivity contribution in [3.8, 4) is 0 Å². The van der Waals surface area contributed by atoms with Crippen molar-refractivity contribution < 1.29 is 18.0 Å². The third-order valence-corrected chi connectivity index (χ3v) is 8.30. The molecule has 0 aromatic carbocycles. The van der Waals surface area contributed by atoms with Gasteiger partial charge in [-0.2, -0.15) is 0 Å². The second-order valence-electron chi connectivity index (χ2n) is 9.42. The van der Waals surface area contributed by atoms with Gasteiger partial charge in [0.25, 0.3) is 0 Å². The molecule has 2 atom stereocenters. The number of likely N-dealkylation sites (tertiary alicyclic amines) is 1. The van der Waals surface area contributed by atoms with Crippen molar-refractivity contribution in [3.63, 3.8) is 0 Å². The van der Waals surface area contributed by atoms with Gasteiger partial charge in [-0.05, 0) is 50.9 Å². The van der Waals surface area contributed by atoms with Gasteiger partial charge in [-0.3, -0.25) is 4.79 Å². The molecule has 1 spiro atoms. The summed E-state index contributed by atoms with van der Waals surface area (Å²) < 4.78 is 26.0. The van der Waals surface area contributed by atoms with Crippen LogP contribution in [0, 0.1) is 16.7 Å². The van der Waals surface area contributed by atoms with Crippen molar-refractivity contribution >= 4 is 22.0 Å². The molecule has 3 fully saturated rings. The van der Waals surface area contributed by atoms with Crippen LogP contribution in [-0.4, -0.2) is 87.0 Å². The summed E-state index contributed by atoms with van der Waals surface area (Å²) in [6.45, 7) is 5.89. The molecule has 2 heterocycles. The summed E-state index contributed by atoms with van der Waals surface area (Å²) in [5.41, 5.74) is -0.700. The van der Waals surface area contributed by atoms with Crippen molar-refractivity contribution in [3.05, 3.63) is 0 Å². The molecule has 160 valence electrons. The summed E-state index contributed by atoms with van der Waals surface area (Å²) in [5, 5.41) is 2.94. The second-order valence-corrected chi connectivity index (χ2v) is 11.4. The molecule has 0 unspecified atom stereocenters. The summed E-state index contributed by atoms with van der Waals surface area (Å²) in [7, 11) is 0.155. The maximum absolute atomic E-state index is 13.2. The van der Waals surface area contributed by atoms with E-state index in [-0.39, 0.29) is 35.9 Å². The number of fused-ring (bicyclic) bond motifs is 2. The van der Waals surface area contributed by atoms with Crippen LogP contribution in [0.5, 0.6) is 0 Å². The zero-order chi connectivity index (χ0) is 20.9. The number of carbonyl (C=O) groups excluding carboxylic acids is 2. The van der Waals surface area contributed by atoms with Crippen molar-refractivity contribution in [2.45, 2.75) is 45.6 Å². The van der Waals surface area contributed by atoms with Crippen molar-refractivity contribution in [1.29, 1.82) is 0 Å². The Kier molecular flexibility index (Phi) is 5.46. The van der Waals surface area contributed by atoms with Gasteiger partial charge in [0.05, 0.1) is 11.7 Å². The zero-order valence-corrected chi connectivity index (χ0v) is 18.5. The first kappa shape index (κ1) is 21.4. The van der Waals surface area contributed by atoms with Gasteiger partial charge >= 0.3 is 6.03 Å². The molecule has 3 rings (SSSR count). The summed E-state index contributed by atoms with van der Waals surface area (Å²) in [6, 6.07) is 0.0565. The molecule has 2 saturated heterocycles. The predicted octanol–water partition coefficient (Wildman–Crippen LogP) is 0.946. The van der Waals surface area contributed by atoms with E-state index in [1.165, 1.54) is 10.6 Å². The monoisotopic (exact) mass is 414 g/mol. The number of carbonyl (C=O) groups is 2. The fraction of sp³-hybridized carbons (Fsp3) is 0.895. The Balaban J connectivity index is 1.83. The SMILES string of the molecule is CC(C)NC(=O)N1CCC2(CC1)CC[C@]1(C(=O)N(C)C)CN(S(C)(=O)=O)C[C@H]21. The van der Waals surface area contributed by atoms with Gasteiger partial charge in [-0.1, -0.05) is 0 Å². The Morgan fingerprint density at radius 2 is 1.71 bits per heavy atom. The second kappa shape index (κ2) is 7.16. The minimum absolute atomic E-state index is 0.0138. The topological polar surface area (TPSA) is 90.0 Å². The fourth-order valence-electron chi connectivity index (χ4n) is 5.66. The molecule has 0 aromatic rings. The fourth-order valence-corrected chi connectivity index (χ4v) is 6.55. The molecule has 9 heteroatoms. The first-order valence-corrected chi connectivity index (χ1v) is 12.0. The Hall–Kier alpha value is -1.35. The molecule has 0 bridgehead atoms. The zero-order valence-electron chi connectivity index (χ0n) is 17.7. The lowest BCUT2D eigenvalue weighted by Gasteiger charge is -2.44. The van der Waals surface area contributed by atoms with E-state index in [4.69, 9.17) is 0 Å². The van der Waals surface area contributed by atoms with E-state index >= 15 is 0 Å². The van der Waals surface area contributed by atoms with Gasteiger partial charge in [-0.25, -0.2) is 17.5 Å². The third kappa shape index (κ3) is 3.51. The number of sulfonamides is 1. The maximum atomic E-state index is 13.2. The smallest absolute Gasteiger partial charge is 0.317 e. The van der Waals surface area contributed by atoms with Crippen LogP contribution in [0.2, 0.25) is 0 Å². The van der Waals surface area contributed by atoms with E-state index < -0.39 is 15.4 Å². The minimum atomic E-state index is -3.35. The number of nitrogens with zero attached hydrogens (tertiary/aromatic N) is 3. The summed E-state index contributed by atoms with van der Waals surface area (Å²) >= 11 is 0. The molecule has 8 nitrogen and oxygen atoms in total. The molecular weight excluding hydrogens is 380 g/mol. The Labute approximate surface area is 168 Å². The Morgan fingerprint density at radius 3 is 2.21 bits per heavy atom. The standard InChI is InChI=1S/C19H34N4O4S/c1-14(2)20-17(25)22-10-8-18(9-11-22)6-7-19(16(24)21(3)4)13-23(12-15(18)19)28(5,26)27/h14-15H,6-13H2,1-5H3,(H,20,25)/t15-,19+/m1/s1.